The van der Waals surface area contributed by atoms with E-state index >= 15 is 0 Å². The van der Waals surface area contributed by atoms with Crippen LogP contribution in [0.4, 0.5) is 0 Å². The monoisotopic (exact) mass is 304 g/mol. The lowest BCUT2D eigenvalue weighted by molar-refractivity contribution is 0.0693. The van der Waals surface area contributed by atoms with Gasteiger partial charge in [-0.2, -0.15) is 0 Å². The van der Waals surface area contributed by atoms with Crippen LogP contribution in [-0.2, 0) is 0 Å². The number of thiazole rings is 1. The highest BCUT2D eigenvalue weighted by Gasteiger charge is 2.24. The maximum absolute atomic E-state index is 12.6. The summed E-state index contributed by atoms with van der Waals surface area (Å²) < 4.78 is 0. The van der Waals surface area contributed by atoms with Crippen molar-refractivity contribution in [1.29, 1.82) is 0 Å². The summed E-state index contributed by atoms with van der Waals surface area (Å²) in [5.74, 6) is 0.0770. The Balaban J connectivity index is 1.75. The first-order valence-corrected chi connectivity index (χ1v) is 8.13. The van der Waals surface area contributed by atoms with E-state index in [0.29, 0.717) is 11.7 Å². The smallest absolute Gasteiger partial charge is 0.270 e. The van der Waals surface area contributed by atoms with E-state index in [0.717, 1.165) is 42.2 Å². The molecule has 1 aliphatic rings. The van der Waals surface area contributed by atoms with Gasteiger partial charge in [0, 0.05) is 36.3 Å². The number of nitrogens with zero attached hydrogens (tertiary/aromatic N) is 2. The van der Waals surface area contributed by atoms with E-state index < -0.39 is 0 Å². The number of rotatable bonds is 3. The molecule has 21 heavy (non-hydrogen) atoms. The minimum absolute atomic E-state index is 0.0770. The zero-order valence-corrected chi connectivity index (χ0v) is 13.2. The number of amides is 1. The van der Waals surface area contributed by atoms with Crippen molar-refractivity contribution in [3.63, 3.8) is 0 Å². The van der Waals surface area contributed by atoms with Gasteiger partial charge in [0.05, 0.1) is 10.7 Å². The molecule has 2 N–H and O–H groups in total. The van der Waals surface area contributed by atoms with Crippen LogP contribution < -0.4 is 5.32 Å². The Hall–Kier alpha value is -1.66. The number of carbonyl (C=O) groups excluding carboxylic acids is 1. The number of carbonyl (C=O) groups is 1. The normalized spacial score (nSPS) is 19.0. The fraction of sp³-hybridized carbons (Fsp3) is 0.467. The molecule has 0 aromatic carbocycles. The van der Waals surface area contributed by atoms with Crippen LogP contribution >= 0.6 is 11.3 Å². The van der Waals surface area contributed by atoms with Gasteiger partial charge in [-0.05, 0) is 32.9 Å². The molecule has 1 fully saturated rings. The van der Waals surface area contributed by atoms with Crippen molar-refractivity contribution in [3.8, 4) is 11.3 Å². The molecule has 0 bridgehead atoms. The van der Waals surface area contributed by atoms with Crippen molar-refractivity contribution >= 4 is 17.2 Å². The predicted molar refractivity (Wildman–Crippen MR) is 84.6 cm³/mol. The number of hydrogen-bond donors (Lipinski definition) is 2. The van der Waals surface area contributed by atoms with E-state index in [1.165, 1.54) is 0 Å². The van der Waals surface area contributed by atoms with Crippen molar-refractivity contribution in [2.75, 3.05) is 20.1 Å². The number of hydrogen-bond acceptors (Lipinski definition) is 4. The maximum Gasteiger partial charge on any atom is 0.270 e. The molecule has 1 amide bonds. The summed E-state index contributed by atoms with van der Waals surface area (Å²) in [5, 5.41) is 6.31. The fourth-order valence-corrected chi connectivity index (χ4v) is 3.35. The molecule has 3 rings (SSSR count). The number of aryl methyl sites for hydroxylation is 1. The first-order valence-electron chi connectivity index (χ1n) is 7.25. The fourth-order valence-electron chi connectivity index (χ4n) is 2.73. The molecular weight excluding hydrogens is 284 g/mol. The van der Waals surface area contributed by atoms with Gasteiger partial charge >= 0.3 is 0 Å². The highest BCUT2D eigenvalue weighted by atomic mass is 32.1. The van der Waals surface area contributed by atoms with Gasteiger partial charge in [0.2, 0.25) is 0 Å². The first-order chi connectivity index (χ1) is 10.2. The van der Waals surface area contributed by atoms with Crippen LogP contribution in [0.15, 0.2) is 17.6 Å². The van der Waals surface area contributed by atoms with E-state index in [4.69, 9.17) is 0 Å². The number of H-pyrrole nitrogens is 1. The summed E-state index contributed by atoms with van der Waals surface area (Å²) in [4.78, 5) is 22.0. The van der Waals surface area contributed by atoms with Crippen LogP contribution in [0.3, 0.4) is 0 Å². The van der Waals surface area contributed by atoms with E-state index in [9.17, 15) is 4.79 Å². The Morgan fingerprint density at radius 2 is 2.43 bits per heavy atom. The van der Waals surface area contributed by atoms with E-state index in [2.05, 4.69) is 15.3 Å². The quantitative estimate of drug-likeness (QED) is 0.914. The summed E-state index contributed by atoms with van der Waals surface area (Å²) in [5.41, 5.74) is 2.55. The molecule has 1 unspecified atom stereocenters. The average Bonchev–Trinajstić information content (AvgIpc) is 3.15. The van der Waals surface area contributed by atoms with Gasteiger partial charge in [-0.1, -0.05) is 0 Å². The highest BCUT2D eigenvalue weighted by molar-refractivity contribution is 7.09. The Bertz CT molecular complexity index is 633. The third-order valence-corrected chi connectivity index (χ3v) is 4.72. The minimum Gasteiger partial charge on any atom is -0.357 e. The zero-order chi connectivity index (χ0) is 14.8. The lowest BCUT2D eigenvalue weighted by Crippen LogP contribution is -2.47. The molecule has 0 saturated carbocycles. The number of aromatic amines is 1. The second-order valence-corrected chi connectivity index (χ2v) is 6.50. The highest BCUT2D eigenvalue weighted by Crippen LogP contribution is 2.23. The van der Waals surface area contributed by atoms with Gasteiger partial charge in [0.1, 0.15) is 5.69 Å². The Labute approximate surface area is 128 Å². The third kappa shape index (κ3) is 3.01. The molecule has 2 aromatic heterocycles. The second-order valence-electron chi connectivity index (χ2n) is 5.43. The molecule has 1 atom stereocenters. The maximum atomic E-state index is 12.6. The van der Waals surface area contributed by atoms with Crippen molar-refractivity contribution in [2.45, 2.75) is 25.8 Å². The van der Waals surface area contributed by atoms with Crippen LogP contribution in [0.5, 0.6) is 0 Å². The minimum atomic E-state index is 0.0770. The Morgan fingerprint density at radius 3 is 3.14 bits per heavy atom. The van der Waals surface area contributed by atoms with Crippen molar-refractivity contribution < 1.29 is 4.79 Å². The summed E-state index contributed by atoms with van der Waals surface area (Å²) in [6.07, 6.45) is 4.05. The average molecular weight is 304 g/mol. The van der Waals surface area contributed by atoms with E-state index in [1.807, 2.05) is 36.5 Å². The number of aromatic nitrogens is 2. The summed E-state index contributed by atoms with van der Waals surface area (Å²) in [6, 6.07) is 2.30. The molecule has 1 saturated heterocycles. The van der Waals surface area contributed by atoms with E-state index in [1.54, 1.807) is 11.3 Å². The largest absolute Gasteiger partial charge is 0.357 e. The van der Waals surface area contributed by atoms with Gasteiger partial charge in [-0.3, -0.25) is 4.79 Å². The SMILES string of the molecule is CNC1CCCN(C(=O)c2cc(-c3csc(C)n3)c[nH]2)C1. The molecular formula is C15H20N4OS. The van der Waals surface area contributed by atoms with Crippen molar-refractivity contribution in [2.24, 2.45) is 0 Å². The molecule has 3 heterocycles. The zero-order valence-electron chi connectivity index (χ0n) is 12.3. The van der Waals surface area contributed by atoms with E-state index in [-0.39, 0.29) is 5.91 Å². The van der Waals surface area contributed by atoms with Crippen LogP contribution in [0.2, 0.25) is 0 Å². The standard InChI is InChI=1S/C15H20N4OS/c1-10-18-14(9-21-10)11-6-13(17-7-11)15(20)19-5-3-4-12(8-19)16-2/h6-7,9,12,16-17H,3-5,8H2,1-2H3. The Morgan fingerprint density at radius 1 is 1.57 bits per heavy atom. The second kappa shape index (κ2) is 5.99. The number of likely N-dealkylation sites (tertiary alicyclic amines) is 1. The van der Waals surface area contributed by atoms with Gasteiger partial charge in [-0.15, -0.1) is 11.3 Å². The molecule has 5 nitrogen and oxygen atoms in total. The Kier molecular flexibility index (Phi) is 4.07. The van der Waals surface area contributed by atoms with Gasteiger partial charge in [0.15, 0.2) is 0 Å². The van der Waals surface area contributed by atoms with Crippen molar-refractivity contribution in [1.82, 2.24) is 20.2 Å². The molecule has 0 aliphatic carbocycles. The van der Waals surface area contributed by atoms with Crippen LogP contribution in [0.1, 0.15) is 28.3 Å². The van der Waals surface area contributed by atoms with Gasteiger partial charge in [0.25, 0.3) is 5.91 Å². The lowest BCUT2D eigenvalue weighted by atomic mass is 10.1. The summed E-state index contributed by atoms with van der Waals surface area (Å²) in [6.45, 7) is 3.60. The first kappa shape index (κ1) is 14.3. The topological polar surface area (TPSA) is 61.0 Å². The van der Waals surface area contributed by atoms with Gasteiger partial charge < -0.3 is 15.2 Å². The van der Waals surface area contributed by atoms with Gasteiger partial charge in [-0.25, -0.2) is 4.98 Å². The lowest BCUT2D eigenvalue weighted by Gasteiger charge is -2.32. The molecule has 6 heteroatoms. The predicted octanol–water partition coefficient (Wildman–Crippen LogP) is 2.27. The molecule has 0 radical (unpaired) electrons. The number of nitrogens with one attached hydrogen (secondary N) is 2. The number of piperidine rings is 1. The van der Waals surface area contributed by atoms with Crippen LogP contribution in [0, 0.1) is 6.92 Å². The molecule has 0 spiro atoms. The molecule has 112 valence electrons. The molecule has 2 aromatic rings. The molecule has 1 aliphatic heterocycles. The third-order valence-electron chi connectivity index (χ3n) is 3.95. The summed E-state index contributed by atoms with van der Waals surface area (Å²) >= 11 is 1.62. The van der Waals surface area contributed by atoms with Crippen molar-refractivity contribution in [3.05, 3.63) is 28.3 Å². The number of likely N-dealkylation sites (N-methyl/N-ethyl adjacent to an activating group) is 1. The van der Waals surface area contributed by atoms with Crippen LogP contribution in [-0.4, -0.2) is 47.0 Å². The van der Waals surface area contributed by atoms with Crippen LogP contribution in [0.25, 0.3) is 11.3 Å². The summed E-state index contributed by atoms with van der Waals surface area (Å²) in [7, 11) is 1.95.